The van der Waals surface area contributed by atoms with Crippen molar-refractivity contribution in [2.45, 2.75) is 38.2 Å². The molecule has 19 heavy (non-hydrogen) atoms. The normalized spacial score (nSPS) is 26.8. The molecule has 0 aliphatic heterocycles. The number of halogens is 1. The highest BCUT2D eigenvalue weighted by Gasteiger charge is 2.55. The number of amides is 1. The van der Waals surface area contributed by atoms with Gasteiger partial charge in [-0.15, -0.1) is 0 Å². The molecule has 1 amide bonds. The number of nitro groups is 1. The summed E-state index contributed by atoms with van der Waals surface area (Å²) in [6.45, 7) is 6.74. The third-order valence-electron chi connectivity index (χ3n) is 3.11. The van der Waals surface area contributed by atoms with Gasteiger partial charge in [-0.1, -0.05) is 18.2 Å². The van der Waals surface area contributed by atoms with Crippen molar-refractivity contribution in [3.8, 4) is 0 Å². The highest BCUT2D eigenvalue weighted by molar-refractivity contribution is 6.26. The molecule has 1 aliphatic carbocycles. The van der Waals surface area contributed by atoms with Crippen LogP contribution in [0.5, 0.6) is 0 Å². The Morgan fingerprint density at radius 3 is 2.53 bits per heavy atom. The second-order valence-corrected chi connectivity index (χ2v) is 6.10. The molecule has 0 bridgehead atoms. The molecule has 0 saturated carbocycles. The van der Waals surface area contributed by atoms with E-state index in [2.05, 4.69) is 0 Å². The number of hydrogen-bond acceptors (Lipinski definition) is 4. The van der Waals surface area contributed by atoms with Crippen molar-refractivity contribution in [2.75, 3.05) is 0 Å². The van der Waals surface area contributed by atoms with Crippen LogP contribution in [0.2, 0.25) is 0 Å². The first-order valence-electron chi connectivity index (χ1n) is 5.80. The lowest BCUT2D eigenvalue weighted by molar-refractivity contribution is -0.536. The molecule has 2 atom stereocenters. The Bertz CT molecular complexity index is 467. The number of hydrazine groups is 1. The summed E-state index contributed by atoms with van der Waals surface area (Å²) in [5.41, 5.74) is -0.337. The van der Waals surface area contributed by atoms with Crippen LogP contribution in [0.3, 0.4) is 0 Å². The second-order valence-electron chi connectivity index (χ2n) is 5.52. The van der Waals surface area contributed by atoms with Gasteiger partial charge in [-0.3, -0.25) is 19.9 Å². The monoisotopic (exact) mass is 287 g/mol. The fourth-order valence-corrected chi connectivity index (χ4v) is 2.01. The van der Waals surface area contributed by atoms with Crippen LogP contribution in [0, 0.1) is 16.0 Å². The van der Waals surface area contributed by atoms with Crippen LogP contribution in [0.4, 0.5) is 0 Å². The maximum atomic E-state index is 12.3. The molecule has 0 saturated heterocycles. The highest BCUT2D eigenvalue weighted by atomic mass is 35.5. The summed E-state index contributed by atoms with van der Waals surface area (Å²) in [6, 6.07) is 0. The lowest BCUT2D eigenvalue weighted by Gasteiger charge is -2.36. The quantitative estimate of drug-likeness (QED) is 0.209. The van der Waals surface area contributed by atoms with Gasteiger partial charge >= 0.3 is 5.00 Å². The van der Waals surface area contributed by atoms with Gasteiger partial charge in [0.25, 0.3) is 5.91 Å². The van der Waals surface area contributed by atoms with E-state index in [4.69, 9.17) is 17.4 Å². The van der Waals surface area contributed by atoms with Gasteiger partial charge in [0.15, 0.2) is 0 Å². The molecule has 0 aromatic rings. The van der Waals surface area contributed by atoms with E-state index in [0.29, 0.717) is 5.57 Å². The Hall–Kier alpha value is -1.40. The summed E-state index contributed by atoms with van der Waals surface area (Å²) in [4.78, 5) is 21.0. The van der Waals surface area contributed by atoms with E-state index < -0.39 is 27.3 Å². The molecule has 6 nitrogen and oxygen atoms in total. The summed E-state index contributed by atoms with van der Waals surface area (Å²) in [7, 11) is 0. The van der Waals surface area contributed by atoms with Crippen molar-refractivity contribution >= 4 is 17.5 Å². The number of nitrogens with two attached hydrogens (primary N) is 1. The lowest BCUT2D eigenvalue weighted by atomic mass is 9.87. The predicted molar refractivity (Wildman–Crippen MR) is 72.8 cm³/mol. The molecule has 0 heterocycles. The summed E-state index contributed by atoms with van der Waals surface area (Å²) < 4.78 is 0. The SMILES string of the molecule is CC1=CC=CC(C(=O)N(N)C(C)(C)C)C1(Cl)[N+](=O)[O-]. The van der Waals surface area contributed by atoms with Crippen LogP contribution in [0.1, 0.15) is 27.7 Å². The van der Waals surface area contributed by atoms with Gasteiger partial charge in [0, 0.05) is 10.5 Å². The van der Waals surface area contributed by atoms with Crippen molar-refractivity contribution in [2.24, 2.45) is 11.8 Å². The predicted octanol–water partition coefficient (Wildman–Crippen LogP) is 1.83. The smallest absolute Gasteiger partial charge is 0.275 e. The number of hydrogen-bond donors (Lipinski definition) is 1. The highest BCUT2D eigenvalue weighted by Crippen LogP contribution is 2.39. The summed E-state index contributed by atoms with van der Waals surface area (Å²) in [6.07, 6.45) is 4.52. The van der Waals surface area contributed by atoms with Crippen molar-refractivity contribution < 1.29 is 9.72 Å². The minimum absolute atomic E-state index is 0.308. The third kappa shape index (κ3) is 2.64. The summed E-state index contributed by atoms with van der Waals surface area (Å²) in [5.74, 6) is 4.03. The minimum Gasteiger partial charge on any atom is -0.275 e. The molecule has 7 heteroatoms. The van der Waals surface area contributed by atoms with Crippen molar-refractivity contribution in [1.82, 2.24) is 5.01 Å². The average Bonchev–Trinajstić information content (AvgIpc) is 2.29. The Kier molecular flexibility index (Phi) is 4.07. The van der Waals surface area contributed by atoms with E-state index in [0.717, 1.165) is 5.01 Å². The standard InChI is InChI=1S/C12H18ClN3O3/c1-8-6-5-7-9(12(8,13)16(18)19)10(17)15(14)11(2,3)4/h5-7,9H,14H2,1-4H3. The van der Waals surface area contributed by atoms with Gasteiger partial charge in [0.2, 0.25) is 0 Å². The fourth-order valence-electron chi connectivity index (χ4n) is 1.78. The van der Waals surface area contributed by atoms with E-state index in [9.17, 15) is 14.9 Å². The van der Waals surface area contributed by atoms with E-state index in [1.165, 1.54) is 19.1 Å². The first-order valence-corrected chi connectivity index (χ1v) is 6.18. The molecule has 1 rings (SSSR count). The number of nitrogens with zero attached hydrogens (tertiary/aromatic N) is 2. The number of carbonyl (C=O) groups excluding carboxylic acids is 1. The molecule has 2 unspecified atom stereocenters. The molecule has 0 radical (unpaired) electrons. The van der Waals surface area contributed by atoms with Crippen LogP contribution in [0.25, 0.3) is 0 Å². The molecule has 106 valence electrons. The Morgan fingerprint density at radius 2 is 2.11 bits per heavy atom. The molecule has 2 N–H and O–H groups in total. The number of allylic oxidation sites excluding steroid dienone is 2. The molecular weight excluding hydrogens is 270 g/mol. The fraction of sp³-hybridized carbons (Fsp3) is 0.583. The Balaban J connectivity index is 3.19. The first-order chi connectivity index (χ1) is 8.52. The van der Waals surface area contributed by atoms with Crippen molar-refractivity contribution in [1.29, 1.82) is 0 Å². The zero-order valence-corrected chi connectivity index (χ0v) is 12.1. The molecule has 0 fully saturated rings. The van der Waals surface area contributed by atoms with Crippen LogP contribution in [-0.2, 0) is 4.79 Å². The molecule has 1 aliphatic rings. The summed E-state index contributed by atoms with van der Waals surface area (Å²) in [5, 5.41) is 12.2. The van der Waals surface area contributed by atoms with E-state index in [1.54, 1.807) is 26.8 Å². The van der Waals surface area contributed by atoms with Gasteiger partial charge < -0.3 is 0 Å². The van der Waals surface area contributed by atoms with Crippen LogP contribution in [0.15, 0.2) is 23.8 Å². The lowest BCUT2D eigenvalue weighted by Crippen LogP contribution is -2.57. The first kappa shape index (κ1) is 15.7. The van der Waals surface area contributed by atoms with E-state index in [1.807, 2.05) is 0 Å². The van der Waals surface area contributed by atoms with E-state index in [-0.39, 0.29) is 0 Å². The van der Waals surface area contributed by atoms with E-state index >= 15 is 0 Å². The van der Waals surface area contributed by atoms with Crippen LogP contribution < -0.4 is 5.84 Å². The largest absolute Gasteiger partial charge is 0.331 e. The van der Waals surface area contributed by atoms with Gasteiger partial charge in [0.1, 0.15) is 5.92 Å². The molecule has 0 aromatic carbocycles. The van der Waals surface area contributed by atoms with Gasteiger partial charge in [-0.05, 0) is 39.3 Å². The van der Waals surface area contributed by atoms with Gasteiger partial charge in [-0.25, -0.2) is 5.84 Å². The van der Waals surface area contributed by atoms with Crippen LogP contribution in [-0.4, -0.2) is 26.4 Å². The molecular formula is C12H18ClN3O3. The Morgan fingerprint density at radius 1 is 1.58 bits per heavy atom. The minimum atomic E-state index is -1.98. The molecule has 0 spiro atoms. The van der Waals surface area contributed by atoms with Crippen molar-refractivity contribution in [3.63, 3.8) is 0 Å². The number of rotatable bonds is 2. The van der Waals surface area contributed by atoms with Crippen molar-refractivity contribution in [3.05, 3.63) is 33.9 Å². The van der Waals surface area contributed by atoms with Crippen LogP contribution >= 0.6 is 11.6 Å². The maximum absolute atomic E-state index is 12.3. The summed E-state index contributed by atoms with van der Waals surface area (Å²) >= 11 is 6.09. The van der Waals surface area contributed by atoms with Gasteiger partial charge in [0.05, 0.1) is 5.54 Å². The Labute approximate surface area is 117 Å². The topological polar surface area (TPSA) is 89.5 Å². The van der Waals surface area contributed by atoms with Gasteiger partial charge in [-0.2, -0.15) is 0 Å². The maximum Gasteiger partial charge on any atom is 0.331 e. The third-order valence-corrected chi connectivity index (χ3v) is 3.78. The second kappa shape index (κ2) is 4.94. The zero-order valence-electron chi connectivity index (χ0n) is 11.4. The zero-order chi connectivity index (χ0) is 15.0. The molecule has 0 aromatic heterocycles. The number of carbonyl (C=O) groups is 1. The number of alkyl halides is 1. The average molecular weight is 288 g/mol.